The second kappa shape index (κ2) is 5.58. The molecule has 0 aliphatic rings. The molecule has 2 rings (SSSR count). The molecule has 2 aromatic rings. The number of carbonyl (C=O) groups is 1. The molecule has 0 spiro atoms. The molecule has 2 aromatic heterocycles. The van der Waals surface area contributed by atoms with Crippen LogP contribution in [0.3, 0.4) is 0 Å². The molecule has 0 unspecified atom stereocenters. The van der Waals surface area contributed by atoms with Crippen LogP contribution < -0.4 is 0 Å². The molecule has 4 nitrogen and oxygen atoms in total. The van der Waals surface area contributed by atoms with Crippen LogP contribution in [-0.4, -0.2) is 21.0 Å². The van der Waals surface area contributed by atoms with Gasteiger partial charge in [0.05, 0.1) is 0 Å². The second-order valence-electron chi connectivity index (χ2n) is 3.60. The average Bonchev–Trinajstić information content (AvgIpc) is 2.34. The van der Waals surface area contributed by atoms with Crippen molar-refractivity contribution >= 4 is 37.8 Å². The normalized spacial score (nSPS) is 10.6. The van der Waals surface area contributed by atoms with Crippen molar-refractivity contribution in [1.29, 1.82) is 0 Å². The lowest BCUT2D eigenvalue weighted by Crippen LogP contribution is -2.13. The van der Waals surface area contributed by atoms with Crippen LogP contribution >= 0.6 is 31.9 Å². The molecule has 0 bridgehead atoms. The number of pyridine rings is 2. The second-order valence-corrected chi connectivity index (χ2v) is 5.22. The number of nitrogens with zero attached hydrogens (tertiary/aromatic N) is 2. The molecule has 1 N–H and O–H groups in total. The summed E-state index contributed by atoms with van der Waals surface area (Å²) < 4.78 is 1.34. The van der Waals surface area contributed by atoms with Crippen molar-refractivity contribution in [1.82, 2.24) is 9.97 Å². The molecule has 0 fully saturated rings. The van der Waals surface area contributed by atoms with Crippen molar-refractivity contribution in [3.63, 3.8) is 0 Å². The van der Waals surface area contributed by atoms with Gasteiger partial charge >= 0.3 is 5.97 Å². The van der Waals surface area contributed by atoms with Gasteiger partial charge in [0.25, 0.3) is 0 Å². The predicted octanol–water partition coefficient (Wildman–Crippen LogP) is 3.22. The minimum Gasteiger partial charge on any atom is -0.481 e. The van der Waals surface area contributed by atoms with Crippen LogP contribution in [0.25, 0.3) is 0 Å². The Hall–Kier alpha value is -1.27. The Morgan fingerprint density at radius 3 is 1.72 bits per heavy atom. The monoisotopic (exact) mass is 370 g/mol. The molecule has 0 aliphatic heterocycles. The van der Waals surface area contributed by atoms with E-state index < -0.39 is 11.9 Å². The van der Waals surface area contributed by atoms with E-state index in [9.17, 15) is 9.90 Å². The first-order chi connectivity index (χ1) is 8.58. The third-order valence-corrected chi connectivity index (χ3v) is 3.35. The maximum Gasteiger partial charge on any atom is 0.315 e. The summed E-state index contributed by atoms with van der Waals surface area (Å²) in [6.07, 6.45) is 3.09. The highest BCUT2D eigenvalue weighted by Crippen LogP contribution is 2.25. The number of halogens is 2. The Balaban J connectivity index is 2.43. The molecule has 6 heteroatoms. The van der Waals surface area contributed by atoms with Gasteiger partial charge in [-0.05, 0) is 55.1 Å². The van der Waals surface area contributed by atoms with Crippen LogP contribution in [0.2, 0.25) is 0 Å². The van der Waals surface area contributed by atoms with Gasteiger partial charge in [-0.25, -0.2) is 9.97 Å². The van der Waals surface area contributed by atoms with E-state index in [0.29, 0.717) is 20.3 Å². The van der Waals surface area contributed by atoms with Crippen LogP contribution in [0, 0.1) is 0 Å². The van der Waals surface area contributed by atoms with Gasteiger partial charge in [-0.1, -0.05) is 12.1 Å². The zero-order valence-corrected chi connectivity index (χ0v) is 12.2. The maximum atomic E-state index is 11.4. The third-order valence-electron chi connectivity index (χ3n) is 2.41. The molecule has 2 heterocycles. The zero-order valence-electron chi connectivity index (χ0n) is 9.05. The SMILES string of the molecule is O=C(O)C(c1ccc(Br)nc1)c1ccc(Br)nc1. The first kappa shape index (κ1) is 13.2. The fourth-order valence-corrected chi connectivity index (χ4v) is 2.06. The van der Waals surface area contributed by atoms with Gasteiger partial charge in [-0.3, -0.25) is 4.79 Å². The van der Waals surface area contributed by atoms with Gasteiger partial charge in [-0.2, -0.15) is 0 Å². The van der Waals surface area contributed by atoms with E-state index in [1.54, 1.807) is 36.7 Å². The Morgan fingerprint density at radius 1 is 1.00 bits per heavy atom. The van der Waals surface area contributed by atoms with Gasteiger partial charge in [0, 0.05) is 12.4 Å². The number of carboxylic acid groups (broad SMARTS) is 1. The topological polar surface area (TPSA) is 63.1 Å². The highest BCUT2D eigenvalue weighted by molar-refractivity contribution is 9.10. The maximum absolute atomic E-state index is 11.4. The Labute approximate surface area is 120 Å². The number of carboxylic acids is 1. The number of hydrogen-bond acceptors (Lipinski definition) is 3. The van der Waals surface area contributed by atoms with Crippen LogP contribution in [-0.2, 0) is 4.79 Å². The van der Waals surface area contributed by atoms with Gasteiger partial charge < -0.3 is 5.11 Å². The minimum atomic E-state index is -0.928. The van der Waals surface area contributed by atoms with Crippen molar-refractivity contribution in [2.45, 2.75) is 5.92 Å². The molecule has 92 valence electrons. The van der Waals surface area contributed by atoms with Crippen molar-refractivity contribution in [2.75, 3.05) is 0 Å². The molecular formula is C12H8Br2N2O2. The Morgan fingerprint density at radius 2 is 1.44 bits per heavy atom. The van der Waals surface area contributed by atoms with Gasteiger partial charge in [0.2, 0.25) is 0 Å². The van der Waals surface area contributed by atoms with Gasteiger partial charge in [-0.15, -0.1) is 0 Å². The first-order valence-corrected chi connectivity index (χ1v) is 6.62. The molecule has 0 aromatic carbocycles. The molecule has 0 atom stereocenters. The summed E-state index contributed by atoms with van der Waals surface area (Å²) in [5, 5.41) is 9.34. The molecule has 0 aliphatic carbocycles. The van der Waals surface area contributed by atoms with Crippen molar-refractivity contribution < 1.29 is 9.90 Å². The first-order valence-electron chi connectivity index (χ1n) is 5.03. The summed E-state index contributed by atoms with van der Waals surface area (Å²) in [4.78, 5) is 19.5. The molecule has 0 saturated heterocycles. The van der Waals surface area contributed by atoms with Crippen molar-refractivity contribution in [3.05, 3.63) is 57.0 Å². The lowest BCUT2D eigenvalue weighted by atomic mass is 9.94. The van der Waals surface area contributed by atoms with Gasteiger partial charge in [0.1, 0.15) is 15.1 Å². The van der Waals surface area contributed by atoms with E-state index in [-0.39, 0.29) is 0 Å². The van der Waals surface area contributed by atoms with E-state index in [1.807, 2.05) is 0 Å². The quantitative estimate of drug-likeness (QED) is 0.841. The van der Waals surface area contributed by atoms with E-state index >= 15 is 0 Å². The summed E-state index contributed by atoms with van der Waals surface area (Å²) in [6.45, 7) is 0. The number of hydrogen-bond donors (Lipinski definition) is 1. The number of aromatic nitrogens is 2. The van der Waals surface area contributed by atoms with Crippen LogP contribution in [0.15, 0.2) is 45.9 Å². The standard InChI is InChI=1S/C12H8Br2N2O2/c13-9-3-1-7(5-15-9)11(12(17)18)8-2-4-10(14)16-6-8/h1-6,11H,(H,17,18). The zero-order chi connectivity index (χ0) is 13.1. The van der Waals surface area contributed by atoms with E-state index in [2.05, 4.69) is 41.8 Å². The summed E-state index contributed by atoms with van der Waals surface area (Å²) in [5.74, 6) is -1.69. The highest BCUT2D eigenvalue weighted by Gasteiger charge is 2.22. The summed E-state index contributed by atoms with van der Waals surface area (Å²) in [7, 11) is 0. The molecule has 18 heavy (non-hydrogen) atoms. The lowest BCUT2D eigenvalue weighted by Gasteiger charge is -2.12. The fraction of sp³-hybridized carbons (Fsp3) is 0.0833. The minimum absolute atomic E-state index is 0.620. The van der Waals surface area contributed by atoms with E-state index in [0.717, 1.165) is 0 Å². The van der Waals surface area contributed by atoms with Crippen LogP contribution in [0.5, 0.6) is 0 Å². The highest BCUT2D eigenvalue weighted by atomic mass is 79.9. The predicted molar refractivity (Wildman–Crippen MR) is 73.4 cm³/mol. The molecule has 0 amide bonds. The number of aliphatic carboxylic acids is 1. The van der Waals surface area contributed by atoms with Crippen molar-refractivity contribution in [3.8, 4) is 0 Å². The summed E-state index contributed by atoms with van der Waals surface area (Å²) in [5.41, 5.74) is 1.24. The molecule has 0 saturated carbocycles. The lowest BCUT2D eigenvalue weighted by molar-refractivity contribution is -0.137. The largest absolute Gasteiger partial charge is 0.481 e. The van der Waals surface area contributed by atoms with E-state index in [4.69, 9.17) is 0 Å². The van der Waals surface area contributed by atoms with Gasteiger partial charge in [0.15, 0.2) is 0 Å². The Kier molecular flexibility index (Phi) is 4.08. The third kappa shape index (κ3) is 2.94. The van der Waals surface area contributed by atoms with Crippen molar-refractivity contribution in [2.24, 2.45) is 0 Å². The smallest absolute Gasteiger partial charge is 0.315 e. The number of rotatable bonds is 3. The van der Waals surface area contributed by atoms with E-state index in [1.165, 1.54) is 0 Å². The summed E-state index contributed by atoms with van der Waals surface area (Å²) >= 11 is 6.44. The van der Waals surface area contributed by atoms with Crippen LogP contribution in [0.4, 0.5) is 0 Å². The molecule has 0 radical (unpaired) electrons. The summed E-state index contributed by atoms with van der Waals surface area (Å²) in [6, 6.07) is 6.91. The average molecular weight is 372 g/mol. The van der Waals surface area contributed by atoms with Crippen LogP contribution in [0.1, 0.15) is 17.0 Å². The molecular weight excluding hydrogens is 364 g/mol. The Bertz CT molecular complexity index is 510. The fourth-order valence-electron chi connectivity index (χ4n) is 1.59.